The normalized spacial score (nSPS) is 15.8. The molecule has 1 aliphatic heterocycles. The molecule has 2 aromatic carbocycles. The van der Waals surface area contributed by atoms with Crippen LogP contribution in [0.15, 0.2) is 64.9 Å². The van der Waals surface area contributed by atoms with Crippen LogP contribution in [0.5, 0.6) is 5.75 Å². The first-order chi connectivity index (χ1) is 16.8. The van der Waals surface area contributed by atoms with Gasteiger partial charge in [-0.3, -0.25) is 4.79 Å². The van der Waals surface area contributed by atoms with Gasteiger partial charge in [-0.1, -0.05) is 12.1 Å². The molecule has 0 radical (unpaired) electrons. The van der Waals surface area contributed by atoms with Crippen molar-refractivity contribution in [2.45, 2.75) is 17.4 Å². The first kappa shape index (κ1) is 25.3. The molecular formula is C25H27FN2O5S2. The van der Waals surface area contributed by atoms with Gasteiger partial charge in [0.2, 0.25) is 15.9 Å². The molecule has 1 atom stereocenters. The van der Waals surface area contributed by atoms with Crippen molar-refractivity contribution in [2.75, 3.05) is 40.5 Å². The number of methoxy groups -OCH3 is 2. The molecule has 10 heteroatoms. The summed E-state index contributed by atoms with van der Waals surface area (Å²) in [4.78, 5) is 16.5. The van der Waals surface area contributed by atoms with Gasteiger partial charge in [-0.2, -0.15) is 4.31 Å². The molecule has 1 unspecified atom stereocenters. The summed E-state index contributed by atoms with van der Waals surface area (Å²) in [5.41, 5.74) is 1.77. The minimum Gasteiger partial charge on any atom is -0.497 e. The molecular weight excluding hydrogens is 491 g/mol. The van der Waals surface area contributed by atoms with Crippen LogP contribution in [0, 0.1) is 5.82 Å². The maximum atomic E-state index is 13.6. The van der Waals surface area contributed by atoms with Crippen molar-refractivity contribution < 1.29 is 27.1 Å². The second kappa shape index (κ2) is 10.9. The van der Waals surface area contributed by atoms with Crippen molar-refractivity contribution in [3.05, 3.63) is 81.8 Å². The molecule has 0 saturated carbocycles. The number of hydrogen-bond donors (Lipinski definition) is 0. The number of halogens is 1. The number of carbonyl (C=O) groups excluding carboxylic acids is 1. The minimum absolute atomic E-state index is 0.0232. The molecule has 2 heterocycles. The summed E-state index contributed by atoms with van der Waals surface area (Å²) in [7, 11) is -0.985. The van der Waals surface area contributed by atoms with Crippen LogP contribution >= 0.6 is 11.3 Å². The van der Waals surface area contributed by atoms with Crippen molar-refractivity contribution in [2.24, 2.45) is 0 Å². The van der Waals surface area contributed by atoms with Gasteiger partial charge in [0.1, 0.15) is 11.6 Å². The summed E-state index contributed by atoms with van der Waals surface area (Å²) in [6, 6.07) is 13.7. The Kier molecular flexibility index (Phi) is 7.85. The SMILES string of the molecule is COCCN(CC(=O)N1CCc2sccc2C1c1ccc(F)cc1)S(=O)(=O)c1ccc(OC)cc1. The van der Waals surface area contributed by atoms with Crippen LogP contribution in [0.3, 0.4) is 0 Å². The zero-order chi connectivity index (χ0) is 25.0. The Labute approximate surface area is 208 Å². The zero-order valence-electron chi connectivity index (χ0n) is 19.5. The lowest BCUT2D eigenvalue weighted by Gasteiger charge is -2.37. The summed E-state index contributed by atoms with van der Waals surface area (Å²) in [6.07, 6.45) is 0.680. The Balaban J connectivity index is 1.64. The molecule has 7 nitrogen and oxygen atoms in total. The molecule has 4 rings (SSSR count). The van der Waals surface area contributed by atoms with Crippen molar-refractivity contribution in [3.8, 4) is 5.75 Å². The Morgan fingerprint density at radius 1 is 1.11 bits per heavy atom. The summed E-state index contributed by atoms with van der Waals surface area (Å²) in [6.45, 7) is 0.262. The fourth-order valence-corrected chi connectivity index (χ4v) is 6.48. The van der Waals surface area contributed by atoms with Gasteiger partial charge in [0.25, 0.3) is 0 Å². The van der Waals surface area contributed by atoms with Gasteiger partial charge in [-0.15, -0.1) is 11.3 Å². The number of fused-ring (bicyclic) bond motifs is 1. The first-order valence-electron chi connectivity index (χ1n) is 11.1. The van der Waals surface area contributed by atoms with E-state index in [1.165, 1.54) is 43.4 Å². The molecule has 0 spiro atoms. The highest BCUT2D eigenvalue weighted by Crippen LogP contribution is 2.38. The third-order valence-electron chi connectivity index (χ3n) is 6.03. The molecule has 3 aromatic rings. The largest absolute Gasteiger partial charge is 0.497 e. The minimum atomic E-state index is -3.97. The summed E-state index contributed by atoms with van der Waals surface area (Å²) in [5.74, 6) is -0.154. The number of amides is 1. The first-order valence-corrected chi connectivity index (χ1v) is 13.4. The van der Waals surface area contributed by atoms with Gasteiger partial charge in [-0.05, 0) is 65.4 Å². The van der Waals surface area contributed by atoms with Crippen LogP contribution in [0.1, 0.15) is 22.0 Å². The Hall–Kier alpha value is -2.79. The van der Waals surface area contributed by atoms with Crippen LogP contribution in [0.4, 0.5) is 4.39 Å². The number of nitrogens with zero attached hydrogens (tertiary/aromatic N) is 2. The number of sulfonamides is 1. The monoisotopic (exact) mass is 518 g/mol. The van der Waals surface area contributed by atoms with Gasteiger partial charge in [-0.25, -0.2) is 12.8 Å². The molecule has 186 valence electrons. The van der Waals surface area contributed by atoms with Gasteiger partial charge < -0.3 is 14.4 Å². The average molecular weight is 519 g/mol. The second-order valence-electron chi connectivity index (χ2n) is 8.10. The highest BCUT2D eigenvalue weighted by molar-refractivity contribution is 7.89. The molecule has 1 amide bonds. The summed E-state index contributed by atoms with van der Waals surface area (Å²) < 4.78 is 51.8. The van der Waals surface area contributed by atoms with E-state index in [-0.39, 0.29) is 36.3 Å². The molecule has 0 aliphatic carbocycles. The van der Waals surface area contributed by atoms with Crippen molar-refractivity contribution >= 4 is 27.3 Å². The maximum Gasteiger partial charge on any atom is 0.243 e. The fraction of sp³-hybridized carbons (Fsp3) is 0.320. The number of benzene rings is 2. The van der Waals surface area contributed by atoms with Crippen molar-refractivity contribution in [1.82, 2.24) is 9.21 Å². The van der Waals surface area contributed by atoms with Crippen LogP contribution in [0.2, 0.25) is 0 Å². The van der Waals surface area contributed by atoms with E-state index in [9.17, 15) is 17.6 Å². The van der Waals surface area contributed by atoms with Gasteiger partial charge in [0, 0.05) is 25.1 Å². The van der Waals surface area contributed by atoms with Crippen molar-refractivity contribution in [3.63, 3.8) is 0 Å². The lowest BCUT2D eigenvalue weighted by atomic mass is 9.93. The predicted octanol–water partition coefficient (Wildman–Crippen LogP) is 3.71. The number of ether oxygens (including phenoxy) is 2. The third-order valence-corrected chi connectivity index (χ3v) is 8.88. The Morgan fingerprint density at radius 3 is 2.49 bits per heavy atom. The quantitative estimate of drug-likeness (QED) is 0.432. The predicted molar refractivity (Wildman–Crippen MR) is 132 cm³/mol. The lowest BCUT2D eigenvalue weighted by Crippen LogP contribution is -2.47. The van der Waals surface area contributed by atoms with Gasteiger partial charge in [0.05, 0.1) is 31.2 Å². The molecule has 0 saturated heterocycles. The second-order valence-corrected chi connectivity index (χ2v) is 11.0. The zero-order valence-corrected chi connectivity index (χ0v) is 21.1. The summed E-state index contributed by atoms with van der Waals surface area (Å²) in [5, 5.41) is 1.98. The number of hydrogen-bond acceptors (Lipinski definition) is 6. The van der Waals surface area contributed by atoms with E-state index in [4.69, 9.17) is 9.47 Å². The van der Waals surface area contributed by atoms with Crippen LogP contribution < -0.4 is 4.74 Å². The topological polar surface area (TPSA) is 76.2 Å². The van der Waals surface area contributed by atoms with Gasteiger partial charge >= 0.3 is 0 Å². The van der Waals surface area contributed by atoms with Crippen LogP contribution in [0.25, 0.3) is 0 Å². The summed E-state index contributed by atoms with van der Waals surface area (Å²) >= 11 is 1.63. The van der Waals surface area contributed by atoms with E-state index in [1.807, 2.05) is 11.4 Å². The van der Waals surface area contributed by atoms with E-state index < -0.39 is 16.1 Å². The lowest BCUT2D eigenvalue weighted by molar-refractivity contribution is -0.133. The van der Waals surface area contributed by atoms with Crippen LogP contribution in [-0.2, 0) is 26.0 Å². The highest BCUT2D eigenvalue weighted by atomic mass is 32.2. The van der Waals surface area contributed by atoms with Gasteiger partial charge in [0.15, 0.2) is 0 Å². The fourth-order valence-electron chi connectivity index (χ4n) is 4.21. The van der Waals surface area contributed by atoms with E-state index in [2.05, 4.69) is 0 Å². The van der Waals surface area contributed by atoms with Crippen molar-refractivity contribution in [1.29, 1.82) is 0 Å². The molecule has 1 aliphatic rings. The molecule has 0 fully saturated rings. The number of rotatable bonds is 9. The maximum absolute atomic E-state index is 13.6. The average Bonchev–Trinajstić information content (AvgIpc) is 3.35. The molecule has 0 N–H and O–H groups in total. The van der Waals surface area contributed by atoms with E-state index in [0.29, 0.717) is 18.7 Å². The molecule has 35 heavy (non-hydrogen) atoms. The van der Waals surface area contributed by atoms with E-state index in [0.717, 1.165) is 15.4 Å². The van der Waals surface area contributed by atoms with E-state index >= 15 is 0 Å². The number of thiophene rings is 1. The highest BCUT2D eigenvalue weighted by Gasteiger charge is 2.35. The van der Waals surface area contributed by atoms with E-state index in [1.54, 1.807) is 40.5 Å². The standard InChI is InChI=1S/C25H27FN2O5S2/c1-32-15-14-27(35(30,31)21-9-7-20(33-2)8-10-21)17-24(29)28-13-11-23-22(12-16-34-23)25(28)18-3-5-19(26)6-4-18/h3-10,12,16,25H,11,13-15,17H2,1-2H3. The number of carbonyl (C=O) groups is 1. The molecule has 1 aromatic heterocycles. The third kappa shape index (κ3) is 5.40. The Bertz CT molecular complexity index is 1260. The Morgan fingerprint density at radius 2 is 1.83 bits per heavy atom. The smallest absolute Gasteiger partial charge is 0.243 e. The molecule has 0 bridgehead atoms. The van der Waals surface area contributed by atoms with Crippen LogP contribution in [-0.4, -0.2) is 64.0 Å².